The van der Waals surface area contributed by atoms with E-state index >= 15 is 0 Å². The van der Waals surface area contributed by atoms with Gasteiger partial charge in [0.05, 0.1) is 6.20 Å². The van der Waals surface area contributed by atoms with Crippen LogP contribution in [0, 0.1) is 6.92 Å². The van der Waals surface area contributed by atoms with Crippen molar-refractivity contribution in [3.05, 3.63) is 35.9 Å². The van der Waals surface area contributed by atoms with Gasteiger partial charge >= 0.3 is 0 Å². The van der Waals surface area contributed by atoms with Crippen molar-refractivity contribution < 1.29 is 0 Å². The second kappa shape index (κ2) is 5.35. The average molecular weight is 298 g/mol. The number of likely N-dealkylation sites (tertiary alicyclic amines) is 1. The molecular formula is C16H22N6. The summed E-state index contributed by atoms with van der Waals surface area (Å²) in [6, 6.07) is 1.17. The van der Waals surface area contributed by atoms with Crippen molar-refractivity contribution >= 4 is 5.95 Å². The Morgan fingerprint density at radius 2 is 1.86 bits per heavy atom. The van der Waals surface area contributed by atoms with Gasteiger partial charge in [-0.25, -0.2) is 9.97 Å². The maximum atomic E-state index is 4.52. The number of aryl methyl sites for hydroxylation is 2. The van der Waals surface area contributed by atoms with Crippen LogP contribution in [0.3, 0.4) is 0 Å². The summed E-state index contributed by atoms with van der Waals surface area (Å²) in [6.07, 6.45) is 10.3. The third kappa shape index (κ3) is 2.37. The third-order valence-corrected chi connectivity index (χ3v) is 4.86. The summed E-state index contributed by atoms with van der Waals surface area (Å²) in [7, 11) is 1.97. The van der Waals surface area contributed by atoms with Crippen molar-refractivity contribution in [2.45, 2.75) is 38.4 Å². The molecule has 0 saturated carbocycles. The van der Waals surface area contributed by atoms with Gasteiger partial charge in [0.25, 0.3) is 0 Å². The first-order chi connectivity index (χ1) is 10.7. The molecule has 2 aliphatic heterocycles. The second-order valence-electron chi connectivity index (χ2n) is 6.46. The fourth-order valence-electron chi connectivity index (χ4n) is 3.84. The summed E-state index contributed by atoms with van der Waals surface area (Å²) in [5.41, 5.74) is 2.41. The molecule has 2 atom stereocenters. The fourth-order valence-corrected chi connectivity index (χ4v) is 3.84. The molecule has 4 heterocycles. The minimum absolute atomic E-state index is 0.555. The minimum atomic E-state index is 0.555. The van der Waals surface area contributed by atoms with Gasteiger partial charge in [0.2, 0.25) is 5.95 Å². The number of hydrogen-bond acceptors (Lipinski definition) is 5. The van der Waals surface area contributed by atoms with Crippen LogP contribution in [-0.4, -0.2) is 49.8 Å². The van der Waals surface area contributed by atoms with Gasteiger partial charge in [-0.2, -0.15) is 5.10 Å². The Kier molecular flexibility index (Phi) is 3.33. The van der Waals surface area contributed by atoms with Crippen molar-refractivity contribution in [2.75, 3.05) is 18.0 Å². The van der Waals surface area contributed by atoms with Crippen LogP contribution < -0.4 is 4.90 Å². The Morgan fingerprint density at radius 3 is 2.59 bits per heavy atom. The lowest BCUT2D eigenvalue weighted by molar-refractivity contribution is 0.246. The fraction of sp³-hybridized carbons (Fsp3) is 0.562. The van der Waals surface area contributed by atoms with E-state index in [2.05, 4.69) is 31.1 Å². The first kappa shape index (κ1) is 13.7. The standard InChI is InChI=1S/C16H22N6/c1-12-7-17-16(18-8-12)22-6-4-14-15(22)3-5-21(14)11-13-9-19-20(2)10-13/h7-10,14-15H,3-6,11H2,1-2H3/t14-,15+/m0/s1. The SMILES string of the molecule is Cc1cnc(N2CC[C@H]3[C@H]2CCN3Cc2cnn(C)c2)nc1. The van der Waals surface area contributed by atoms with Crippen molar-refractivity contribution in [3.63, 3.8) is 0 Å². The van der Waals surface area contributed by atoms with Gasteiger partial charge in [0.1, 0.15) is 0 Å². The Balaban J connectivity index is 1.48. The van der Waals surface area contributed by atoms with Gasteiger partial charge in [-0.05, 0) is 25.3 Å². The van der Waals surface area contributed by atoms with E-state index in [1.54, 1.807) is 0 Å². The highest BCUT2D eigenvalue weighted by molar-refractivity contribution is 5.36. The van der Waals surface area contributed by atoms with Crippen molar-refractivity contribution in [1.29, 1.82) is 0 Å². The molecule has 0 bridgehead atoms. The van der Waals surface area contributed by atoms with Crippen LogP contribution in [0.25, 0.3) is 0 Å². The van der Waals surface area contributed by atoms with Gasteiger partial charge in [0.15, 0.2) is 0 Å². The van der Waals surface area contributed by atoms with Gasteiger partial charge in [-0.15, -0.1) is 0 Å². The Bertz CT molecular complexity index is 649. The van der Waals surface area contributed by atoms with Crippen LogP contribution in [0.5, 0.6) is 0 Å². The molecule has 0 aliphatic carbocycles. The zero-order valence-electron chi connectivity index (χ0n) is 13.2. The number of aromatic nitrogens is 4. The third-order valence-electron chi connectivity index (χ3n) is 4.86. The summed E-state index contributed by atoms with van der Waals surface area (Å²) in [5.74, 6) is 0.890. The molecule has 2 aliphatic rings. The summed E-state index contributed by atoms with van der Waals surface area (Å²) in [6.45, 7) is 5.23. The lowest BCUT2D eigenvalue weighted by atomic mass is 10.1. The Hall–Kier alpha value is -1.95. The molecule has 0 N–H and O–H groups in total. The molecule has 116 valence electrons. The largest absolute Gasteiger partial charge is 0.336 e. The number of fused-ring (bicyclic) bond motifs is 1. The highest BCUT2D eigenvalue weighted by Gasteiger charge is 2.43. The molecule has 0 radical (unpaired) electrons. The molecule has 0 aromatic carbocycles. The van der Waals surface area contributed by atoms with Gasteiger partial charge < -0.3 is 4.90 Å². The quantitative estimate of drug-likeness (QED) is 0.856. The van der Waals surface area contributed by atoms with Gasteiger partial charge in [0, 0.05) is 62.9 Å². The van der Waals surface area contributed by atoms with E-state index in [1.807, 2.05) is 37.2 Å². The van der Waals surface area contributed by atoms with E-state index in [0.29, 0.717) is 12.1 Å². The summed E-state index contributed by atoms with van der Waals surface area (Å²) in [4.78, 5) is 14.0. The molecule has 0 spiro atoms. The van der Waals surface area contributed by atoms with Crippen molar-refractivity contribution in [1.82, 2.24) is 24.6 Å². The number of rotatable bonds is 3. The average Bonchev–Trinajstić information content (AvgIpc) is 3.19. The Morgan fingerprint density at radius 1 is 1.09 bits per heavy atom. The number of hydrogen-bond donors (Lipinski definition) is 0. The zero-order chi connectivity index (χ0) is 15.1. The lowest BCUT2D eigenvalue weighted by Gasteiger charge is -2.25. The summed E-state index contributed by atoms with van der Waals surface area (Å²) < 4.78 is 1.88. The topological polar surface area (TPSA) is 50.1 Å². The number of anilines is 1. The molecule has 4 rings (SSSR count). The second-order valence-corrected chi connectivity index (χ2v) is 6.46. The normalized spacial score (nSPS) is 24.9. The highest BCUT2D eigenvalue weighted by atomic mass is 15.4. The minimum Gasteiger partial charge on any atom is -0.336 e. The zero-order valence-corrected chi connectivity index (χ0v) is 13.2. The van der Waals surface area contributed by atoms with Crippen LogP contribution in [-0.2, 0) is 13.6 Å². The first-order valence-corrected chi connectivity index (χ1v) is 7.97. The first-order valence-electron chi connectivity index (χ1n) is 7.97. The van der Waals surface area contributed by atoms with E-state index in [-0.39, 0.29) is 0 Å². The van der Waals surface area contributed by atoms with Gasteiger partial charge in [-0.1, -0.05) is 0 Å². The van der Waals surface area contributed by atoms with E-state index < -0.39 is 0 Å². The monoisotopic (exact) mass is 298 g/mol. The predicted octanol–water partition coefficient (Wildman–Crippen LogP) is 1.37. The van der Waals surface area contributed by atoms with E-state index in [4.69, 9.17) is 0 Å². The molecule has 2 aromatic rings. The van der Waals surface area contributed by atoms with E-state index in [9.17, 15) is 0 Å². The Labute approximate surface area is 130 Å². The number of nitrogens with zero attached hydrogens (tertiary/aromatic N) is 6. The molecule has 0 amide bonds. The predicted molar refractivity (Wildman–Crippen MR) is 84.5 cm³/mol. The lowest BCUT2D eigenvalue weighted by Crippen LogP contribution is -2.37. The van der Waals surface area contributed by atoms with Crippen LogP contribution in [0.1, 0.15) is 24.0 Å². The van der Waals surface area contributed by atoms with Crippen LogP contribution >= 0.6 is 0 Å². The smallest absolute Gasteiger partial charge is 0.225 e. The van der Waals surface area contributed by atoms with Crippen molar-refractivity contribution in [2.24, 2.45) is 7.05 Å². The van der Waals surface area contributed by atoms with Crippen molar-refractivity contribution in [3.8, 4) is 0 Å². The molecule has 0 unspecified atom stereocenters. The molecule has 22 heavy (non-hydrogen) atoms. The maximum absolute atomic E-state index is 4.52. The summed E-state index contributed by atoms with van der Waals surface area (Å²) >= 11 is 0. The molecule has 2 fully saturated rings. The molecule has 6 nitrogen and oxygen atoms in total. The maximum Gasteiger partial charge on any atom is 0.225 e. The highest BCUT2D eigenvalue weighted by Crippen LogP contribution is 2.34. The van der Waals surface area contributed by atoms with Crippen LogP contribution in [0.4, 0.5) is 5.95 Å². The van der Waals surface area contributed by atoms with E-state index in [1.165, 1.54) is 18.4 Å². The van der Waals surface area contributed by atoms with Crippen LogP contribution in [0.2, 0.25) is 0 Å². The molecule has 2 aromatic heterocycles. The van der Waals surface area contributed by atoms with E-state index in [0.717, 1.165) is 31.1 Å². The molecule has 2 saturated heterocycles. The molecule has 6 heteroatoms. The van der Waals surface area contributed by atoms with Gasteiger partial charge in [-0.3, -0.25) is 9.58 Å². The summed E-state index contributed by atoms with van der Waals surface area (Å²) in [5, 5.41) is 4.27. The molecular weight excluding hydrogens is 276 g/mol. The van der Waals surface area contributed by atoms with Crippen LogP contribution in [0.15, 0.2) is 24.8 Å².